The molecular weight excluding hydrogens is 472 g/mol. The molecule has 200 valence electrons. The van der Waals surface area contributed by atoms with Gasteiger partial charge in [-0.1, -0.05) is 38.1 Å². The minimum Gasteiger partial charge on any atom is -0.508 e. The third-order valence-corrected chi connectivity index (χ3v) is 8.07. The van der Waals surface area contributed by atoms with Crippen LogP contribution in [0.4, 0.5) is 5.69 Å². The summed E-state index contributed by atoms with van der Waals surface area (Å²) in [5.41, 5.74) is 6.54. The minimum atomic E-state index is -0.0344. The first-order valence-corrected chi connectivity index (χ1v) is 13.9. The molecule has 0 bridgehead atoms. The molecule has 2 aliphatic rings. The van der Waals surface area contributed by atoms with E-state index in [1.165, 1.54) is 12.0 Å². The Morgan fingerprint density at radius 3 is 2.45 bits per heavy atom. The monoisotopic (exact) mass is 512 g/mol. The summed E-state index contributed by atoms with van der Waals surface area (Å²) in [5, 5.41) is 20.6. The fraction of sp³-hybridized carbons (Fsp3) is 0.394. The second kappa shape index (κ2) is 11.1. The Kier molecular flexibility index (Phi) is 7.66. The number of nitrogens with zero attached hydrogens (tertiary/aromatic N) is 2. The Morgan fingerprint density at radius 1 is 1.00 bits per heavy atom. The Labute approximate surface area is 227 Å². The summed E-state index contributed by atoms with van der Waals surface area (Å²) in [4.78, 5) is 4.95. The molecule has 0 spiro atoms. The van der Waals surface area contributed by atoms with Crippen molar-refractivity contribution in [1.82, 2.24) is 4.90 Å². The first kappa shape index (κ1) is 26.2. The highest BCUT2D eigenvalue weighted by atomic mass is 16.5. The zero-order chi connectivity index (χ0) is 26.8. The van der Waals surface area contributed by atoms with Gasteiger partial charge in [0.2, 0.25) is 0 Å². The smallest absolute Gasteiger partial charge is 0.119 e. The average Bonchev–Trinajstić information content (AvgIpc) is 3.35. The molecule has 38 heavy (non-hydrogen) atoms. The first-order valence-electron chi connectivity index (χ1n) is 13.9. The number of hydrogen-bond donors (Lipinski definition) is 2. The number of allylic oxidation sites excluding steroid dienone is 1. The van der Waals surface area contributed by atoms with Crippen molar-refractivity contribution >= 4 is 16.8 Å². The molecule has 2 heterocycles. The van der Waals surface area contributed by atoms with Crippen molar-refractivity contribution in [3.63, 3.8) is 0 Å². The maximum Gasteiger partial charge on any atom is 0.119 e. The Balaban J connectivity index is 1.49. The van der Waals surface area contributed by atoms with E-state index in [-0.39, 0.29) is 17.5 Å². The van der Waals surface area contributed by atoms with E-state index < -0.39 is 0 Å². The number of phenolic OH excluding ortho intramolecular Hbond substituents is 2. The largest absolute Gasteiger partial charge is 0.508 e. The van der Waals surface area contributed by atoms with Crippen molar-refractivity contribution < 1.29 is 14.9 Å². The van der Waals surface area contributed by atoms with E-state index >= 15 is 0 Å². The number of anilines is 1. The van der Waals surface area contributed by atoms with Crippen LogP contribution in [0.2, 0.25) is 0 Å². The van der Waals surface area contributed by atoms with Gasteiger partial charge in [-0.2, -0.15) is 0 Å². The zero-order valence-corrected chi connectivity index (χ0v) is 23.0. The van der Waals surface area contributed by atoms with E-state index in [2.05, 4.69) is 67.8 Å². The van der Waals surface area contributed by atoms with Gasteiger partial charge in [0.05, 0.1) is 6.04 Å². The van der Waals surface area contributed by atoms with Gasteiger partial charge in [-0.15, -0.1) is 0 Å². The summed E-state index contributed by atoms with van der Waals surface area (Å²) < 4.78 is 6.22. The van der Waals surface area contributed by atoms with Crippen LogP contribution in [0, 0.1) is 5.92 Å². The second-order valence-electron chi connectivity index (χ2n) is 11.0. The molecular formula is C33H40N2O3. The van der Waals surface area contributed by atoms with Gasteiger partial charge in [-0.3, -0.25) is 4.90 Å². The van der Waals surface area contributed by atoms with Gasteiger partial charge in [0.1, 0.15) is 23.9 Å². The van der Waals surface area contributed by atoms with E-state index in [1.807, 2.05) is 24.3 Å². The van der Waals surface area contributed by atoms with E-state index in [0.29, 0.717) is 12.6 Å². The van der Waals surface area contributed by atoms with Crippen molar-refractivity contribution in [2.75, 3.05) is 31.1 Å². The fourth-order valence-corrected chi connectivity index (χ4v) is 6.04. The molecule has 1 fully saturated rings. The summed E-state index contributed by atoms with van der Waals surface area (Å²) >= 11 is 0. The van der Waals surface area contributed by atoms with Crippen LogP contribution in [0.5, 0.6) is 17.2 Å². The van der Waals surface area contributed by atoms with Crippen molar-refractivity contribution in [3.05, 3.63) is 83.4 Å². The van der Waals surface area contributed by atoms with Gasteiger partial charge < -0.3 is 19.8 Å². The lowest BCUT2D eigenvalue weighted by atomic mass is 9.81. The van der Waals surface area contributed by atoms with Crippen LogP contribution >= 0.6 is 0 Å². The number of benzene rings is 3. The molecule has 1 saturated heterocycles. The predicted octanol–water partition coefficient (Wildman–Crippen LogP) is 7.11. The van der Waals surface area contributed by atoms with Crippen LogP contribution in [0.25, 0.3) is 11.1 Å². The summed E-state index contributed by atoms with van der Waals surface area (Å²) in [6, 6.07) is 22.0. The Hall–Kier alpha value is -3.44. The molecule has 0 aliphatic carbocycles. The van der Waals surface area contributed by atoms with Gasteiger partial charge in [-0.25, -0.2) is 0 Å². The van der Waals surface area contributed by atoms with E-state index in [4.69, 9.17) is 4.74 Å². The Bertz CT molecular complexity index is 1300. The van der Waals surface area contributed by atoms with Gasteiger partial charge in [0.15, 0.2) is 0 Å². The van der Waals surface area contributed by atoms with E-state index in [1.54, 1.807) is 12.1 Å². The molecule has 2 aliphatic heterocycles. The minimum absolute atomic E-state index is 0.0344. The fourth-order valence-electron chi connectivity index (χ4n) is 6.04. The lowest BCUT2D eigenvalue weighted by Gasteiger charge is -2.42. The van der Waals surface area contributed by atoms with E-state index in [9.17, 15) is 10.2 Å². The van der Waals surface area contributed by atoms with Crippen LogP contribution in [0.1, 0.15) is 63.3 Å². The molecule has 1 unspecified atom stereocenters. The van der Waals surface area contributed by atoms with E-state index in [0.717, 1.165) is 65.7 Å². The number of ether oxygens (including phenoxy) is 1. The molecule has 0 amide bonds. The van der Waals surface area contributed by atoms with Gasteiger partial charge in [-0.05, 0) is 104 Å². The topological polar surface area (TPSA) is 56.2 Å². The summed E-state index contributed by atoms with van der Waals surface area (Å²) in [6.07, 6.45) is 2.25. The third-order valence-electron chi connectivity index (χ3n) is 8.07. The summed E-state index contributed by atoms with van der Waals surface area (Å²) in [7, 11) is 0. The Morgan fingerprint density at radius 2 is 1.76 bits per heavy atom. The highest BCUT2D eigenvalue weighted by molar-refractivity contribution is 6.00. The van der Waals surface area contributed by atoms with Gasteiger partial charge >= 0.3 is 0 Å². The maximum atomic E-state index is 10.3. The van der Waals surface area contributed by atoms with Crippen LogP contribution in [-0.2, 0) is 0 Å². The zero-order valence-electron chi connectivity index (χ0n) is 23.0. The number of rotatable bonds is 8. The molecule has 0 radical (unpaired) electrons. The summed E-state index contributed by atoms with van der Waals surface area (Å²) in [5.74, 6) is 2.16. The van der Waals surface area contributed by atoms with Crippen LogP contribution in [0.15, 0.2) is 66.7 Å². The number of aromatic hydroxyl groups is 2. The standard InChI is InChI=1S/C33H40N2O3/c1-5-16-35-31-14-11-28(37)19-30(31)24(4)32(26-7-6-8-27(36)18-26)33(35)25-9-12-29(13-10-25)38-21-23(3)34-17-15-22(2)20-34/h6-14,18-19,22-23,33,36-37H,5,15-17,20-21H2,1-4H3/t22-,23+,33?/m1/s1. The third kappa shape index (κ3) is 5.25. The van der Waals surface area contributed by atoms with Crippen molar-refractivity contribution in [1.29, 1.82) is 0 Å². The highest BCUT2D eigenvalue weighted by Crippen LogP contribution is 2.50. The van der Waals surface area contributed by atoms with Crippen molar-refractivity contribution in [3.8, 4) is 17.2 Å². The molecule has 5 rings (SSSR count). The predicted molar refractivity (Wildman–Crippen MR) is 156 cm³/mol. The quantitative estimate of drug-likeness (QED) is 0.337. The van der Waals surface area contributed by atoms with Gasteiger partial charge in [0, 0.05) is 30.4 Å². The number of fused-ring (bicyclic) bond motifs is 1. The molecule has 2 N–H and O–H groups in total. The molecule has 5 nitrogen and oxygen atoms in total. The number of likely N-dealkylation sites (tertiary alicyclic amines) is 1. The maximum absolute atomic E-state index is 10.3. The van der Waals surface area contributed by atoms with Crippen LogP contribution in [0.3, 0.4) is 0 Å². The van der Waals surface area contributed by atoms with Crippen LogP contribution in [-0.4, -0.2) is 47.4 Å². The second-order valence-corrected chi connectivity index (χ2v) is 11.0. The number of phenols is 2. The molecule has 3 aromatic rings. The molecule has 0 aromatic heterocycles. The molecule has 3 aromatic carbocycles. The van der Waals surface area contributed by atoms with Gasteiger partial charge in [0.25, 0.3) is 0 Å². The highest BCUT2D eigenvalue weighted by Gasteiger charge is 2.33. The van der Waals surface area contributed by atoms with Crippen molar-refractivity contribution in [2.45, 2.75) is 52.6 Å². The normalized spacial score (nSPS) is 20.5. The van der Waals surface area contributed by atoms with Crippen LogP contribution < -0.4 is 9.64 Å². The molecule has 5 heteroatoms. The molecule has 0 saturated carbocycles. The lowest BCUT2D eigenvalue weighted by molar-refractivity contribution is 0.169. The molecule has 3 atom stereocenters. The first-order chi connectivity index (χ1) is 18.4. The lowest BCUT2D eigenvalue weighted by Crippen LogP contribution is -2.35. The SMILES string of the molecule is CCCN1c2ccc(O)cc2C(C)=C(c2cccc(O)c2)C1c1ccc(OC[C@H](C)N2CC[C@@H](C)C2)cc1. The average molecular weight is 513 g/mol. The number of hydrogen-bond acceptors (Lipinski definition) is 5. The van der Waals surface area contributed by atoms with Crippen molar-refractivity contribution in [2.24, 2.45) is 5.92 Å². The summed E-state index contributed by atoms with van der Waals surface area (Å²) in [6.45, 7) is 12.7.